The molecule has 2 nitrogen and oxygen atoms in total. The average Bonchev–Trinajstić information content (AvgIpc) is 3.72. The summed E-state index contributed by atoms with van der Waals surface area (Å²) >= 11 is 0. The van der Waals surface area contributed by atoms with Gasteiger partial charge in [0.15, 0.2) is 0 Å². The predicted octanol–water partition coefficient (Wildman–Crippen LogP) is 9.95. The number of halogens is 6. The predicted molar refractivity (Wildman–Crippen MR) is 164 cm³/mol. The summed E-state index contributed by atoms with van der Waals surface area (Å²) in [7, 11) is 0. The van der Waals surface area contributed by atoms with E-state index in [1.54, 1.807) is 26.2 Å². The molecule has 0 saturated carbocycles. The molecule has 0 amide bonds. The molecule has 0 aliphatic carbocycles. The Morgan fingerprint density at radius 3 is 1.20 bits per heavy atom. The Bertz CT molecular complexity index is 1390. The van der Waals surface area contributed by atoms with Crippen molar-refractivity contribution < 1.29 is 48.1 Å². The van der Waals surface area contributed by atoms with Gasteiger partial charge in [-0.15, -0.1) is 12.1 Å². The van der Waals surface area contributed by atoms with Crippen LogP contribution in [-0.2, 0) is 21.7 Å². The molecule has 0 spiro atoms. The van der Waals surface area contributed by atoms with Crippen molar-refractivity contribution in [2.75, 3.05) is 9.80 Å². The summed E-state index contributed by atoms with van der Waals surface area (Å²) in [6.07, 6.45) is 10.6. The van der Waals surface area contributed by atoms with Gasteiger partial charge < -0.3 is 9.80 Å². The number of nitrogens with zero attached hydrogens (tertiary/aromatic N) is 2. The second-order valence-electron chi connectivity index (χ2n) is 9.94. The molecule has 4 aromatic rings. The van der Waals surface area contributed by atoms with Crippen molar-refractivity contribution in [3.8, 4) is 0 Å². The molecule has 2 aliphatic rings. The zero-order valence-electron chi connectivity index (χ0n) is 25.2. The Kier molecular flexibility index (Phi) is 14.9. The molecule has 45 heavy (non-hydrogen) atoms. The van der Waals surface area contributed by atoms with Crippen LogP contribution in [0.3, 0.4) is 0 Å². The topological polar surface area (TPSA) is 6.48 Å². The Morgan fingerprint density at radius 2 is 0.933 bits per heavy atom. The fourth-order valence-corrected chi connectivity index (χ4v) is 4.15. The number of rotatable bonds is 2. The van der Waals surface area contributed by atoms with Gasteiger partial charge in [0.1, 0.15) is 0 Å². The molecule has 2 atom stereocenters. The molecule has 0 bridgehead atoms. The van der Waals surface area contributed by atoms with Crippen LogP contribution in [0.2, 0.25) is 0 Å². The van der Waals surface area contributed by atoms with Gasteiger partial charge in [0.2, 0.25) is 0 Å². The first-order valence-corrected chi connectivity index (χ1v) is 13.7. The van der Waals surface area contributed by atoms with Gasteiger partial charge in [-0.25, -0.2) is 50.6 Å². The molecule has 0 radical (unpaired) electrons. The van der Waals surface area contributed by atoms with Crippen molar-refractivity contribution in [2.45, 2.75) is 39.8 Å². The number of allylic oxidation sites excluding steroid dienone is 4. The third kappa shape index (κ3) is 11.1. The Hall–Kier alpha value is -4.01. The fourth-order valence-electron chi connectivity index (χ4n) is 4.15. The molecule has 232 valence electrons. The summed E-state index contributed by atoms with van der Waals surface area (Å²) < 4.78 is 79.9. The van der Waals surface area contributed by atoms with E-state index >= 15 is 0 Å². The first-order chi connectivity index (χ1) is 21.0. The van der Waals surface area contributed by atoms with E-state index in [-0.39, 0.29) is 45.2 Å². The van der Waals surface area contributed by atoms with Gasteiger partial charge in [0.05, 0.1) is 0 Å². The van der Waals surface area contributed by atoms with Crippen molar-refractivity contribution in [3.05, 3.63) is 168 Å². The van der Waals surface area contributed by atoms with Crippen LogP contribution >= 0.6 is 0 Å². The fraction of sp³-hybridized carbons (Fsp3) is 0.167. The van der Waals surface area contributed by atoms with E-state index < -0.39 is 34.9 Å². The van der Waals surface area contributed by atoms with Crippen LogP contribution in [-0.4, -0.2) is 12.1 Å². The summed E-state index contributed by atoms with van der Waals surface area (Å²) in [6, 6.07) is 24.6. The van der Waals surface area contributed by atoms with E-state index in [2.05, 4.69) is 0 Å². The van der Waals surface area contributed by atoms with E-state index in [1.807, 2.05) is 111 Å². The first-order valence-electron chi connectivity index (χ1n) is 13.7. The quantitative estimate of drug-likeness (QED) is 0.121. The molecule has 9 heteroatoms. The zero-order chi connectivity index (χ0) is 32.2. The van der Waals surface area contributed by atoms with Gasteiger partial charge in [-0.1, -0.05) is 36.4 Å². The number of hydrogen-bond donors (Lipinski definition) is 0. The van der Waals surface area contributed by atoms with E-state index in [0.717, 1.165) is 11.1 Å². The Labute approximate surface area is 275 Å². The molecule has 0 aromatic heterocycles. The van der Waals surface area contributed by atoms with Crippen molar-refractivity contribution in [1.82, 2.24) is 0 Å². The Balaban J connectivity index is 0.000000235. The molecule has 0 saturated heterocycles. The minimum absolute atomic E-state index is 0. The van der Waals surface area contributed by atoms with E-state index in [1.165, 1.54) is 9.80 Å². The van der Waals surface area contributed by atoms with Gasteiger partial charge >= 0.3 is 21.7 Å². The van der Waals surface area contributed by atoms with Crippen LogP contribution in [0, 0.1) is 47.0 Å². The van der Waals surface area contributed by atoms with Crippen LogP contribution in [0.1, 0.15) is 27.7 Å². The third-order valence-electron chi connectivity index (χ3n) is 6.30. The van der Waals surface area contributed by atoms with Gasteiger partial charge in [-0.3, -0.25) is 0 Å². The van der Waals surface area contributed by atoms with Crippen LogP contribution < -0.4 is 9.80 Å². The minimum Gasteiger partial charge on any atom is -0.390 e. The molecule has 2 unspecified atom stereocenters. The molecule has 4 aromatic carbocycles. The van der Waals surface area contributed by atoms with Crippen LogP contribution in [0.4, 0.5) is 37.7 Å². The standard InChI is InChI=1S/2C13H11F3N.2C5H5.Ti/c2*1-8-3-4-9(2)17(7-8)13-11(15)5-10(14)6-12(13)16;2*1-2-4-5-3-1;/h2*3-5,7,9H,1-2H3;2*1-5H;/q4*-1;+4. The summed E-state index contributed by atoms with van der Waals surface area (Å²) in [5, 5.41) is 0. The first kappa shape index (κ1) is 37.2. The number of hydrogen-bond acceptors (Lipinski definition) is 2. The van der Waals surface area contributed by atoms with Crippen molar-refractivity contribution in [1.29, 1.82) is 0 Å². The third-order valence-corrected chi connectivity index (χ3v) is 6.30. The maximum atomic E-state index is 13.6. The summed E-state index contributed by atoms with van der Waals surface area (Å²) in [6.45, 7) is 7.22. The van der Waals surface area contributed by atoms with E-state index in [4.69, 9.17) is 0 Å². The molecular formula is C36H32F6N2Ti. The minimum atomic E-state index is -1.04. The second-order valence-corrected chi connectivity index (χ2v) is 9.94. The van der Waals surface area contributed by atoms with Gasteiger partial charge in [0.25, 0.3) is 0 Å². The zero-order valence-corrected chi connectivity index (χ0v) is 26.8. The van der Waals surface area contributed by atoms with E-state index in [0.29, 0.717) is 12.1 Å². The molecule has 2 aliphatic heterocycles. The second kappa shape index (κ2) is 18.1. The molecule has 0 N–H and O–H groups in total. The smallest absolute Gasteiger partial charge is 0.390 e. The molecule has 2 heterocycles. The SMILES string of the molecule is CC1=CN(c2c(F)[c-]c(F)cc2F)C(C)C=C1.CC1=CN(c2c(F)[c-]c(F)cc2F)C(C)C=C1.[Ti+4].c1cc[cH-]c1.c1cc[cH-]c1. The number of anilines is 2. The Morgan fingerprint density at radius 1 is 0.600 bits per heavy atom. The molecular weight excluding hydrogens is 622 g/mol. The molecule has 6 rings (SSSR count). The number of benzene rings is 2. The maximum absolute atomic E-state index is 13.6. The summed E-state index contributed by atoms with van der Waals surface area (Å²) in [4.78, 5) is 2.85. The summed E-state index contributed by atoms with van der Waals surface area (Å²) in [5.41, 5.74) is 1.18. The normalized spacial score (nSPS) is 16.5. The monoisotopic (exact) mass is 654 g/mol. The van der Waals surface area contributed by atoms with Gasteiger partial charge in [-0.2, -0.15) is 36.4 Å². The average molecular weight is 655 g/mol. The van der Waals surface area contributed by atoms with E-state index in [9.17, 15) is 26.3 Å². The largest absolute Gasteiger partial charge is 4.00 e. The summed E-state index contributed by atoms with van der Waals surface area (Å²) in [5.74, 6) is -5.97. The van der Waals surface area contributed by atoms with Crippen LogP contribution in [0.15, 0.2) is 121 Å². The van der Waals surface area contributed by atoms with Crippen LogP contribution in [0.5, 0.6) is 0 Å². The van der Waals surface area contributed by atoms with Gasteiger partial charge in [0, 0.05) is 58.4 Å². The van der Waals surface area contributed by atoms with Crippen LogP contribution in [0.25, 0.3) is 0 Å². The molecule has 0 fully saturated rings. The maximum Gasteiger partial charge on any atom is 4.00 e. The van der Waals surface area contributed by atoms with Crippen molar-refractivity contribution in [3.63, 3.8) is 0 Å². The van der Waals surface area contributed by atoms with Crippen molar-refractivity contribution in [2.24, 2.45) is 0 Å². The van der Waals surface area contributed by atoms with Crippen molar-refractivity contribution >= 4 is 11.4 Å². The van der Waals surface area contributed by atoms with Gasteiger partial charge in [-0.05, 0) is 51.2 Å².